The first-order valence-electron chi connectivity index (χ1n) is 8.60. The van der Waals surface area contributed by atoms with Crippen LogP contribution >= 0.6 is 0 Å². The van der Waals surface area contributed by atoms with Gasteiger partial charge >= 0.3 is 6.03 Å². The molecule has 0 bridgehead atoms. The summed E-state index contributed by atoms with van der Waals surface area (Å²) in [6.07, 6.45) is 0. The van der Waals surface area contributed by atoms with Crippen LogP contribution in [0.5, 0.6) is 11.5 Å². The molecule has 138 valence electrons. The Hall–Kier alpha value is -3.47. The zero-order valence-electron chi connectivity index (χ0n) is 15.4. The first-order chi connectivity index (χ1) is 13.2. The maximum atomic E-state index is 12.2. The average molecular weight is 362 g/mol. The lowest BCUT2D eigenvalue weighted by Gasteiger charge is -2.11. The van der Waals surface area contributed by atoms with E-state index in [0.717, 1.165) is 22.4 Å². The molecule has 3 rings (SSSR count). The number of rotatable bonds is 6. The lowest BCUT2D eigenvalue weighted by Crippen LogP contribution is -2.28. The number of urea groups is 1. The van der Waals surface area contributed by atoms with E-state index >= 15 is 0 Å². The van der Waals surface area contributed by atoms with Gasteiger partial charge in [-0.3, -0.25) is 0 Å². The van der Waals surface area contributed by atoms with E-state index in [-0.39, 0.29) is 6.03 Å². The molecule has 0 aliphatic heterocycles. The summed E-state index contributed by atoms with van der Waals surface area (Å²) in [7, 11) is 3.19. The minimum atomic E-state index is -0.274. The van der Waals surface area contributed by atoms with Gasteiger partial charge in [-0.05, 0) is 41.0 Å². The Kier molecular flexibility index (Phi) is 5.94. The van der Waals surface area contributed by atoms with E-state index in [0.29, 0.717) is 18.0 Å². The van der Waals surface area contributed by atoms with Crippen LogP contribution in [0.3, 0.4) is 0 Å². The fourth-order valence-corrected chi connectivity index (χ4v) is 2.70. The molecule has 2 amide bonds. The summed E-state index contributed by atoms with van der Waals surface area (Å²) in [5.74, 6) is 1.37. The van der Waals surface area contributed by atoms with Gasteiger partial charge in [-0.15, -0.1) is 0 Å². The van der Waals surface area contributed by atoms with E-state index < -0.39 is 0 Å². The van der Waals surface area contributed by atoms with Gasteiger partial charge in [-0.1, -0.05) is 42.5 Å². The van der Waals surface area contributed by atoms with Gasteiger partial charge in [0.05, 0.1) is 14.2 Å². The molecule has 5 heteroatoms. The molecule has 0 saturated heterocycles. The van der Waals surface area contributed by atoms with Crippen molar-refractivity contribution < 1.29 is 14.3 Å². The molecular weight excluding hydrogens is 340 g/mol. The van der Waals surface area contributed by atoms with Crippen LogP contribution in [0, 0.1) is 0 Å². The summed E-state index contributed by atoms with van der Waals surface area (Å²) in [5.41, 5.74) is 3.86. The van der Waals surface area contributed by atoms with E-state index in [1.165, 1.54) is 0 Å². The minimum Gasteiger partial charge on any atom is -0.497 e. The second kappa shape index (κ2) is 8.76. The van der Waals surface area contributed by atoms with Crippen LogP contribution in [0.2, 0.25) is 0 Å². The molecule has 27 heavy (non-hydrogen) atoms. The van der Waals surface area contributed by atoms with E-state index in [2.05, 4.69) is 22.8 Å². The molecule has 5 nitrogen and oxygen atoms in total. The van der Waals surface area contributed by atoms with Gasteiger partial charge in [0.1, 0.15) is 11.5 Å². The number of hydrogen-bond acceptors (Lipinski definition) is 3. The molecule has 0 saturated carbocycles. The van der Waals surface area contributed by atoms with Gasteiger partial charge in [-0.2, -0.15) is 0 Å². The maximum Gasteiger partial charge on any atom is 0.319 e. The van der Waals surface area contributed by atoms with Crippen LogP contribution in [0.25, 0.3) is 11.1 Å². The first-order valence-corrected chi connectivity index (χ1v) is 8.60. The highest BCUT2D eigenvalue weighted by Crippen LogP contribution is 2.23. The number of ether oxygens (including phenoxy) is 2. The van der Waals surface area contributed by atoms with Crippen molar-refractivity contribution in [3.05, 3.63) is 78.4 Å². The zero-order chi connectivity index (χ0) is 19.1. The molecule has 0 fully saturated rings. The lowest BCUT2D eigenvalue weighted by atomic mass is 10.1. The Morgan fingerprint density at radius 1 is 0.815 bits per heavy atom. The van der Waals surface area contributed by atoms with E-state index in [1.807, 2.05) is 54.6 Å². The molecule has 3 aromatic rings. The molecule has 0 aromatic heterocycles. The molecule has 2 N–H and O–H groups in total. The Labute approximate surface area is 158 Å². The monoisotopic (exact) mass is 362 g/mol. The highest BCUT2D eigenvalue weighted by molar-refractivity contribution is 5.89. The van der Waals surface area contributed by atoms with Crippen molar-refractivity contribution in [2.24, 2.45) is 0 Å². The SMILES string of the molecule is COc1cc(CNC(=O)Nc2ccc(-c3ccccc3)cc2)cc(OC)c1. The largest absolute Gasteiger partial charge is 0.497 e. The number of carbonyl (C=O) groups excluding carboxylic acids is 1. The Balaban J connectivity index is 1.58. The minimum absolute atomic E-state index is 0.274. The third-order valence-electron chi connectivity index (χ3n) is 4.11. The van der Waals surface area contributed by atoms with Crippen LogP contribution < -0.4 is 20.1 Å². The molecule has 0 spiro atoms. The van der Waals surface area contributed by atoms with E-state index in [9.17, 15) is 4.79 Å². The van der Waals surface area contributed by atoms with Crippen molar-refractivity contribution in [3.8, 4) is 22.6 Å². The molecule has 0 radical (unpaired) electrons. The summed E-state index contributed by atoms with van der Waals surface area (Å²) in [6, 6.07) is 23.1. The Morgan fingerprint density at radius 2 is 1.41 bits per heavy atom. The predicted molar refractivity (Wildman–Crippen MR) is 107 cm³/mol. The molecular formula is C22H22N2O3. The van der Waals surface area contributed by atoms with Gasteiger partial charge in [0.2, 0.25) is 0 Å². The first kappa shape index (κ1) is 18.3. The lowest BCUT2D eigenvalue weighted by molar-refractivity contribution is 0.251. The maximum absolute atomic E-state index is 12.2. The van der Waals surface area contributed by atoms with Gasteiger partial charge in [-0.25, -0.2) is 4.79 Å². The van der Waals surface area contributed by atoms with Gasteiger partial charge in [0.15, 0.2) is 0 Å². The number of nitrogens with one attached hydrogen (secondary N) is 2. The Bertz CT molecular complexity index is 871. The average Bonchev–Trinajstić information content (AvgIpc) is 2.73. The van der Waals surface area contributed by atoms with Crippen LogP contribution in [-0.2, 0) is 6.54 Å². The summed E-state index contributed by atoms with van der Waals surface area (Å²) in [5, 5.41) is 5.67. The van der Waals surface area contributed by atoms with Crippen LogP contribution in [0.15, 0.2) is 72.8 Å². The van der Waals surface area contributed by atoms with Crippen LogP contribution in [0.1, 0.15) is 5.56 Å². The highest BCUT2D eigenvalue weighted by atomic mass is 16.5. The van der Waals surface area contributed by atoms with Crippen LogP contribution in [-0.4, -0.2) is 20.3 Å². The quantitative estimate of drug-likeness (QED) is 0.669. The molecule has 3 aromatic carbocycles. The third-order valence-corrected chi connectivity index (χ3v) is 4.11. The number of methoxy groups -OCH3 is 2. The van der Waals surface area contributed by atoms with Crippen molar-refractivity contribution in [3.63, 3.8) is 0 Å². The van der Waals surface area contributed by atoms with Crippen molar-refractivity contribution in [1.82, 2.24) is 5.32 Å². The normalized spacial score (nSPS) is 10.1. The standard InChI is InChI=1S/C22H22N2O3/c1-26-20-12-16(13-21(14-20)27-2)15-23-22(25)24-19-10-8-18(9-11-19)17-6-4-3-5-7-17/h3-14H,15H2,1-2H3,(H2,23,24,25). The topological polar surface area (TPSA) is 59.6 Å². The smallest absolute Gasteiger partial charge is 0.319 e. The van der Waals surface area contributed by atoms with Gasteiger partial charge in [0, 0.05) is 18.3 Å². The molecule has 0 aliphatic carbocycles. The number of amides is 2. The predicted octanol–water partition coefficient (Wildman–Crippen LogP) is 4.69. The summed E-state index contributed by atoms with van der Waals surface area (Å²) in [4.78, 5) is 12.2. The molecule has 0 aliphatic rings. The van der Waals surface area contributed by atoms with Gasteiger partial charge < -0.3 is 20.1 Å². The second-order valence-corrected chi connectivity index (χ2v) is 5.97. The molecule has 0 atom stereocenters. The van der Waals surface area contributed by atoms with E-state index in [4.69, 9.17) is 9.47 Å². The van der Waals surface area contributed by atoms with Crippen LogP contribution in [0.4, 0.5) is 10.5 Å². The van der Waals surface area contributed by atoms with Crippen molar-refractivity contribution in [2.45, 2.75) is 6.54 Å². The molecule has 0 unspecified atom stereocenters. The molecule has 0 heterocycles. The van der Waals surface area contributed by atoms with Crippen molar-refractivity contribution in [1.29, 1.82) is 0 Å². The Morgan fingerprint density at radius 3 is 2.00 bits per heavy atom. The number of hydrogen-bond donors (Lipinski definition) is 2. The third kappa shape index (κ3) is 5.01. The second-order valence-electron chi connectivity index (χ2n) is 5.97. The summed E-state index contributed by atoms with van der Waals surface area (Å²) < 4.78 is 10.5. The number of carbonyl (C=O) groups is 1. The number of anilines is 1. The highest BCUT2D eigenvalue weighted by Gasteiger charge is 2.05. The summed E-state index contributed by atoms with van der Waals surface area (Å²) in [6.45, 7) is 0.363. The van der Waals surface area contributed by atoms with Crippen molar-refractivity contribution >= 4 is 11.7 Å². The van der Waals surface area contributed by atoms with Gasteiger partial charge in [0.25, 0.3) is 0 Å². The fraction of sp³-hybridized carbons (Fsp3) is 0.136. The zero-order valence-corrected chi connectivity index (χ0v) is 15.4. The fourth-order valence-electron chi connectivity index (χ4n) is 2.70. The summed E-state index contributed by atoms with van der Waals surface area (Å²) >= 11 is 0. The number of benzene rings is 3. The van der Waals surface area contributed by atoms with Crippen molar-refractivity contribution in [2.75, 3.05) is 19.5 Å². The van der Waals surface area contributed by atoms with E-state index in [1.54, 1.807) is 20.3 Å².